The molecule has 0 aromatic rings. The van der Waals surface area contributed by atoms with Crippen LogP contribution in [0.1, 0.15) is 27.2 Å². The third-order valence-electron chi connectivity index (χ3n) is 1.50. The Labute approximate surface area is 68.4 Å². The molecular weight excluding hydrogens is 136 g/mol. The second kappa shape index (κ2) is 3.07. The molecule has 0 saturated heterocycles. The molecule has 0 spiro atoms. The van der Waals surface area contributed by atoms with Gasteiger partial charge in [-0.05, 0) is 17.9 Å². The highest BCUT2D eigenvalue weighted by molar-refractivity contribution is 5.72. The Balaban J connectivity index is 2.49. The van der Waals surface area contributed by atoms with Crippen LogP contribution in [-0.4, -0.2) is 12.9 Å². The van der Waals surface area contributed by atoms with Crippen molar-refractivity contribution >= 4 is 6.21 Å². The Hall–Kier alpha value is -0.790. The van der Waals surface area contributed by atoms with Gasteiger partial charge in [0.1, 0.15) is 6.67 Å². The van der Waals surface area contributed by atoms with Crippen molar-refractivity contribution in [3.8, 4) is 0 Å². The van der Waals surface area contributed by atoms with E-state index in [2.05, 4.69) is 37.2 Å². The van der Waals surface area contributed by atoms with Crippen molar-refractivity contribution in [1.29, 1.82) is 0 Å². The van der Waals surface area contributed by atoms with Gasteiger partial charge in [0.2, 0.25) is 0 Å². The van der Waals surface area contributed by atoms with E-state index in [1.54, 1.807) is 0 Å². The molecule has 0 bridgehead atoms. The average Bonchev–Trinajstić information content (AvgIpc) is 1.85. The predicted molar refractivity (Wildman–Crippen MR) is 48.6 cm³/mol. The van der Waals surface area contributed by atoms with Crippen molar-refractivity contribution in [3.05, 3.63) is 11.8 Å². The first-order valence-corrected chi connectivity index (χ1v) is 4.01. The minimum absolute atomic E-state index is 0.365. The fraction of sp³-hybridized carbons (Fsp3) is 0.667. The molecule has 0 aliphatic carbocycles. The minimum Gasteiger partial charge on any atom is -0.370 e. The quantitative estimate of drug-likeness (QED) is 0.610. The maximum atomic E-state index is 4.04. The largest absolute Gasteiger partial charge is 0.370 e. The molecule has 0 fully saturated rings. The standard InChI is InChI=1S/C9H16N2/c1-9(2,3)6-8-4-5-10-7-11-8/h4-5,11H,6-7H2,1-3H3. The number of hydrogen-bond donors (Lipinski definition) is 1. The Bertz CT molecular complexity index is 184. The first kappa shape index (κ1) is 8.31. The highest BCUT2D eigenvalue weighted by Crippen LogP contribution is 2.22. The van der Waals surface area contributed by atoms with Gasteiger partial charge in [-0.15, -0.1) is 0 Å². The molecule has 1 rings (SSSR count). The molecule has 1 N–H and O–H groups in total. The Morgan fingerprint density at radius 3 is 2.73 bits per heavy atom. The maximum absolute atomic E-state index is 4.04. The van der Waals surface area contributed by atoms with Crippen LogP contribution in [0.5, 0.6) is 0 Å². The van der Waals surface area contributed by atoms with Gasteiger partial charge in [0.15, 0.2) is 0 Å². The summed E-state index contributed by atoms with van der Waals surface area (Å²) in [4.78, 5) is 4.04. The summed E-state index contributed by atoms with van der Waals surface area (Å²) in [6.45, 7) is 7.45. The average molecular weight is 152 g/mol. The third-order valence-corrected chi connectivity index (χ3v) is 1.50. The van der Waals surface area contributed by atoms with Gasteiger partial charge in [-0.1, -0.05) is 20.8 Å². The predicted octanol–water partition coefficient (Wildman–Crippen LogP) is 1.94. The van der Waals surface area contributed by atoms with E-state index in [-0.39, 0.29) is 0 Å². The molecule has 0 atom stereocenters. The monoisotopic (exact) mass is 152 g/mol. The van der Waals surface area contributed by atoms with Gasteiger partial charge in [-0.25, -0.2) is 0 Å². The van der Waals surface area contributed by atoms with Crippen molar-refractivity contribution in [2.45, 2.75) is 27.2 Å². The lowest BCUT2D eigenvalue weighted by Crippen LogP contribution is -2.21. The van der Waals surface area contributed by atoms with Crippen LogP contribution in [-0.2, 0) is 0 Å². The van der Waals surface area contributed by atoms with Gasteiger partial charge >= 0.3 is 0 Å². The molecule has 1 aliphatic heterocycles. The van der Waals surface area contributed by atoms with Crippen LogP contribution in [0.4, 0.5) is 0 Å². The number of nitrogens with one attached hydrogen (secondary N) is 1. The molecular formula is C9H16N2. The van der Waals surface area contributed by atoms with Gasteiger partial charge < -0.3 is 5.32 Å². The highest BCUT2D eigenvalue weighted by Gasteiger charge is 2.12. The number of allylic oxidation sites excluding steroid dienone is 2. The fourth-order valence-corrected chi connectivity index (χ4v) is 1.09. The smallest absolute Gasteiger partial charge is 0.107 e. The molecule has 11 heavy (non-hydrogen) atoms. The zero-order chi connectivity index (χ0) is 8.32. The zero-order valence-electron chi connectivity index (χ0n) is 7.52. The van der Waals surface area contributed by atoms with Crippen molar-refractivity contribution < 1.29 is 0 Å². The molecule has 0 saturated carbocycles. The summed E-state index contributed by atoms with van der Waals surface area (Å²) in [5.74, 6) is 0. The summed E-state index contributed by atoms with van der Waals surface area (Å²) in [6, 6.07) is 0. The molecule has 0 amide bonds. The molecule has 1 aliphatic rings. The zero-order valence-corrected chi connectivity index (χ0v) is 7.52. The van der Waals surface area contributed by atoms with Gasteiger partial charge in [-0.2, -0.15) is 0 Å². The number of rotatable bonds is 1. The van der Waals surface area contributed by atoms with E-state index < -0.39 is 0 Å². The number of aliphatic imine (C=N–C) groups is 1. The van der Waals surface area contributed by atoms with Gasteiger partial charge in [0.05, 0.1) is 0 Å². The van der Waals surface area contributed by atoms with E-state index in [0.717, 1.165) is 13.1 Å². The van der Waals surface area contributed by atoms with E-state index in [1.165, 1.54) is 5.70 Å². The SMILES string of the molecule is CC(C)(C)CC1=CC=NCN1. The summed E-state index contributed by atoms with van der Waals surface area (Å²) in [6.07, 6.45) is 5.02. The van der Waals surface area contributed by atoms with Crippen LogP contribution in [0.3, 0.4) is 0 Å². The first-order valence-electron chi connectivity index (χ1n) is 4.01. The van der Waals surface area contributed by atoms with Crippen LogP contribution >= 0.6 is 0 Å². The van der Waals surface area contributed by atoms with Gasteiger partial charge in [0, 0.05) is 11.9 Å². The van der Waals surface area contributed by atoms with E-state index in [9.17, 15) is 0 Å². The van der Waals surface area contributed by atoms with E-state index in [4.69, 9.17) is 0 Å². The van der Waals surface area contributed by atoms with Crippen molar-refractivity contribution in [2.24, 2.45) is 10.4 Å². The summed E-state index contributed by atoms with van der Waals surface area (Å²) < 4.78 is 0. The van der Waals surface area contributed by atoms with E-state index >= 15 is 0 Å². The summed E-state index contributed by atoms with van der Waals surface area (Å²) in [5, 5.41) is 3.24. The van der Waals surface area contributed by atoms with E-state index in [1.807, 2.05) is 6.21 Å². The molecule has 1 heterocycles. The minimum atomic E-state index is 0.365. The summed E-state index contributed by atoms with van der Waals surface area (Å²) in [5.41, 5.74) is 1.66. The van der Waals surface area contributed by atoms with E-state index in [0.29, 0.717) is 5.41 Å². The highest BCUT2D eigenvalue weighted by atomic mass is 15.0. The van der Waals surface area contributed by atoms with Crippen LogP contribution in [0.25, 0.3) is 0 Å². The second-order valence-electron chi connectivity index (χ2n) is 4.10. The number of hydrogen-bond acceptors (Lipinski definition) is 2. The summed E-state index contributed by atoms with van der Waals surface area (Å²) in [7, 11) is 0. The van der Waals surface area contributed by atoms with Crippen LogP contribution in [0.2, 0.25) is 0 Å². The van der Waals surface area contributed by atoms with Gasteiger partial charge in [-0.3, -0.25) is 4.99 Å². The Morgan fingerprint density at radius 2 is 2.27 bits per heavy atom. The molecule has 0 radical (unpaired) electrons. The topological polar surface area (TPSA) is 24.4 Å². The molecule has 2 nitrogen and oxygen atoms in total. The maximum Gasteiger partial charge on any atom is 0.107 e. The first-order chi connectivity index (χ1) is 5.08. The molecule has 0 aromatic carbocycles. The Kier molecular flexibility index (Phi) is 2.32. The summed E-state index contributed by atoms with van der Waals surface area (Å²) >= 11 is 0. The fourth-order valence-electron chi connectivity index (χ4n) is 1.09. The van der Waals surface area contributed by atoms with Gasteiger partial charge in [0.25, 0.3) is 0 Å². The molecule has 0 unspecified atom stereocenters. The third kappa shape index (κ3) is 3.21. The van der Waals surface area contributed by atoms with Crippen LogP contribution in [0.15, 0.2) is 16.8 Å². The molecule has 0 aromatic heterocycles. The van der Waals surface area contributed by atoms with Crippen LogP contribution in [0, 0.1) is 5.41 Å². The lowest BCUT2D eigenvalue weighted by Gasteiger charge is -2.21. The molecule has 62 valence electrons. The van der Waals surface area contributed by atoms with Crippen molar-refractivity contribution in [3.63, 3.8) is 0 Å². The van der Waals surface area contributed by atoms with Crippen molar-refractivity contribution in [2.75, 3.05) is 6.67 Å². The Morgan fingerprint density at radius 1 is 1.55 bits per heavy atom. The number of nitrogens with zero attached hydrogens (tertiary/aromatic N) is 1. The van der Waals surface area contributed by atoms with Crippen LogP contribution < -0.4 is 5.32 Å². The van der Waals surface area contributed by atoms with Crippen molar-refractivity contribution in [1.82, 2.24) is 5.32 Å². The molecule has 2 heteroatoms. The lowest BCUT2D eigenvalue weighted by atomic mass is 9.90. The second-order valence-corrected chi connectivity index (χ2v) is 4.10. The lowest BCUT2D eigenvalue weighted by molar-refractivity contribution is 0.398. The normalized spacial score (nSPS) is 17.5.